The van der Waals surface area contributed by atoms with Crippen molar-refractivity contribution >= 4 is 11.5 Å². The summed E-state index contributed by atoms with van der Waals surface area (Å²) in [5.41, 5.74) is 5.62. The lowest BCUT2D eigenvalue weighted by molar-refractivity contribution is 0.172. The van der Waals surface area contributed by atoms with Crippen LogP contribution in [0.25, 0.3) is 11.3 Å². The number of hydrogen-bond acceptors (Lipinski definition) is 5. The number of nitrogens with zero attached hydrogens (tertiary/aromatic N) is 2. The minimum atomic E-state index is 0.660. The first-order valence-corrected chi connectivity index (χ1v) is 8.34. The van der Waals surface area contributed by atoms with Crippen LogP contribution in [0.15, 0.2) is 42.7 Å². The van der Waals surface area contributed by atoms with Gasteiger partial charge in [-0.2, -0.15) is 5.10 Å². The van der Waals surface area contributed by atoms with E-state index in [0.717, 1.165) is 35.8 Å². The number of aromatic amines is 1. The molecule has 3 aromatic rings. The lowest BCUT2D eigenvalue weighted by Crippen LogP contribution is -2.01. The molecule has 0 unspecified atom stereocenters. The Kier molecular flexibility index (Phi) is 4.35. The molecule has 1 aromatic carbocycles. The topological polar surface area (TPSA) is 72.1 Å². The third-order valence-corrected chi connectivity index (χ3v) is 4.27. The number of H-pyrrole nitrogens is 1. The van der Waals surface area contributed by atoms with E-state index in [1.165, 1.54) is 16.7 Å². The Hall–Kier alpha value is -2.86. The van der Waals surface area contributed by atoms with Crippen LogP contribution in [0.1, 0.15) is 17.5 Å². The summed E-state index contributed by atoms with van der Waals surface area (Å²) in [6.45, 7) is 1.37. The molecule has 1 aliphatic carbocycles. The minimum Gasteiger partial charge on any atom is -0.493 e. The molecule has 0 fully saturated rings. The van der Waals surface area contributed by atoms with Crippen molar-refractivity contribution in [1.82, 2.24) is 15.2 Å². The van der Waals surface area contributed by atoms with Crippen LogP contribution < -0.4 is 10.1 Å². The number of aromatic nitrogens is 3. The average molecular weight is 336 g/mol. The SMILES string of the molecule is COCCCOc1ccc2c(c1)Cc1c(Nc3cccnc3)n[nH]c1-2. The van der Waals surface area contributed by atoms with Crippen molar-refractivity contribution in [2.45, 2.75) is 12.8 Å². The summed E-state index contributed by atoms with van der Waals surface area (Å²) in [4.78, 5) is 4.13. The van der Waals surface area contributed by atoms with E-state index < -0.39 is 0 Å². The van der Waals surface area contributed by atoms with Gasteiger partial charge in [-0.25, -0.2) is 0 Å². The normalized spacial score (nSPS) is 11.9. The Morgan fingerprint density at radius 2 is 2.20 bits per heavy atom. The number of nitrogens with one attached hydrogen (secondary N) is 2. The number of anilines is 2. The summed E-state index contributed by atoms with van der Waals surface area (Å²) in [6.07, 6.45) is 5.26. The maximum atomic E-state index is 5.80. The van der Waals surface area contributed by atoms with E-state index >= 15 is 0 Å². The first-order chi connectivity index (χ1) is 12.3. The summed E-state index contributed by atoms with van der Waals surface area (Å²) in [6, 6.07) is 10.1. The second-order valence-corrected chi connectivity index (χ2v) is 5.98. The summed E-state index contributed by atoms with van der Waals surface area (Å²) in [7, 11) is 1.70. The van der Waals surface area contributed by atoms with E-state index in [2.05, 4.69) is 32.6 Å². The molecule has 0 amide bonds. The van der Waals surface area contributed by atoms with Gasteiger partial charge in [-0.1, -0.05) is 0 Å². The number of rotatable bonds is 7. The third-order valence-electron chi connectivity index (χ3n) is 4.27. The molecule has 0 saturated carbocycles. The molecule has 1 aliphatic rings. The van der Waals surface area contributed by atoms with E-state index in [1.807, 2.05) is 18.2 Å². The Morgan fingerprint density at radius 1 is 1.24 bits per heavy atom. The number of pyridine rings is 1. The van der Waals surface area contributed by atoms with E-state index in [-0.39, 0.29) is 0 Å². The molecule has 2 aromatic heterocycles. The van der Waals surface area contributed by atoms with Crippen molar-refractivity contribution in [3.8, 4) is 17.0 Å². The highest BCUT2D eigenvalue weighted by Crippen LogP contribution is 2.40. The van der Waals surface area contributed by atoms with Crippen LogP contribution in [0.4, 0.5) is 11.5 Å². The van der Waals surface area contributed by atoms with Crippen molar-refractivity contribution in [3.05, 3.63) is 53.9 Å². The maximum Gasteiger partial charge on any atom is 0.156 e. The summed E-state index contributed by atoms with van der Waals surface area (Å²) >= 11 is 0. The maximum absolute atomic E-state index is 5.80. The van der Waals surface area contributed by atoms with Crippen LogP contribution in [0.2, 0.25) is 0 Å². The quantitative estimate of drug-likeness (QED) is 0.505. The second kappa shape index (κ2) is 6.94. The largest absolute Gasteiger partial charge is 0.493 e. The summed E-state index contributed by atoms with van der Waals surface area (Å²) < 4.78 is 10.9. The number of methoxy groups -OCH3 is 1. The van der Waals surface area contributed by atoms with E-state index in [9.17, 15) is 0 Å². The lowest BCUT2D eigenvalue weighted by atomic mass is 10.1. The molecule has 2 heterocycles. The molecule has 0 radical (unpaired) electrons. The molecule has 6 heteroatoms. The lowest BCUT2D eigenvalue weighted by Gasteiger charge is -2.08. The van der Waals surface area contributed by atoms with Gasteiger partial charge in [0.15, 0.2) is 5.82 Å². The zero-order chi connectivity index (χ0) is 17.1. The average Bonchev–Trinajstić information content (AvgIpc) is 3.19. The molecule has 0 aliphatic heterocycles. The van der Waals surface area contributed by atoms with Gasteiger partial charge >= 0.3 is 0 Å². The van der Waals surface area contributed by atoms with Gasteiger partial charge in [-0.15, -0.1) is 0 Å². The predicted molar refractivity (Wildman–Crippen MR) is 96.3 cm³/mol. The number of hydrogen-bond donors (Lipinski definition) is 2. The third kappa shape index (κ3) is 3.21. The molecular formula is C19H20N4O2. The van der Waals surface area contributed by atoms with E-state index in [4.69, 9.17) is 9.47 Å². The summed E-state index contributed by atoms with van der Waals surface area (Å²) in [5.74, 6) is 1.75. The highest BCUT2D eigenvalue weighted by Gasteiger charge is 2.25. The smallest absolute Gasteiger partial charge is 0.156 e. The molecule has 128 valence electrons. The van der Waals surface area contributed by atoms with Crippen molar-refractivity contribution in [2.75, 3.05) is 25.6 Å². The highest BCUT2D eigenvalue weighted by atomic mass is 16.5. The standard InChI is InChI=1S/C19H20N4O2/c1-24-8-3-9-25-15-5-6-16-13(10-15)11-17-18(16)22-23-19(17)21-14-4-2-7-20-12-14/h2,4-7,10,12H,3,8-9,11H2,1H3,(H2,21,22,23). The predicted octanol–water partition coefficient (Wildman–Crippen LogP) is 3.53. The molecule has 6 nitrogen and oxygen atoms in total. The van der Waals surface area contributed by atoms with Gasteiger partial charge < -0.3 is 14.8 Å². The van der Waals surface area contributed by atoms with Crippen LogP contribution in [-0.4, -0.2) is 35.5 Å². The molecule has 2 N–H and O–H groups in total. The Morgan fingerprint density at radius 3 is 3.04 bits per heavy atom. The Labute approximate surface area is 146 Å². The van der Waals surface area contributed by atoms with Gasteiger partial charge in [0.1, 0.15) is 5.75 Å². The zero-order valence-corrected chi connectivity index (χ0v) is 14.1. The van der Waals surface area contributed by atoms with Gasteiger partial charge in [0, 0.05) is 43.9 Å². The second-order valence-electron chi connectivity index (χ2n) is 5.98. The molecular weight excluding hydrogens is 316 g/mol. The van der Waals surface area contributed by atoms with Crippen molar-refractivity contribution in [2.24, 2.45) is 0 Å². The Balaban J connectivity index is 1.50. The van der Waals surface area contributed by atoms with Crippen LogP contribution >= 0.6 is 0 Å². The van der Waals surface area contributed by atoms with Gasteiger partial charge in [0.05, 0.1) is 24.2 Å². The zero-order valence-electron chi connectivity index (χ0n) is 14.1. The fraction of sp³-hybridized carbons (Fsp3) is 0.263. The van der Waals surface area contributed by atoms with Gasteiger partial charge in [0.2, 0.25) is 0 Å². The van der Waals surface area contributed by atoms with Crippen LogP contribution in [0.3, 0.4) is 0 Å². The number of benzene rings is 1. The molecule has 25 heavy (non-hydrogen) atoms. The minimum absolute atomic E-state index is 0.660. The molecule has 4 rings (SSSR count). The number of fused-ring (bicyclic) bond motifs is 3. The fourth-order valence-corrected chi connectivity index (χ4v) is 3.07. The van der Waals surface area contributed by atoms with Crippen molar-refractivity contribution < 1.29 is 9.47 Å². The molecule has 0 bridgehead atoms. The Bertz CT molecular complexity index is 861. The first kappa shape index (κ1) is 15.7. The highest BCUT2D eigenvalue weighted by molar-refractivity contribution is 5.80. The van der Waals surface area contributed by atoms with Crippen LogP contribution in [-0.2, 0) is 11.2 Å². The van der Waals surface area contributed by atoms with Crippen LogP contribution in [0.5, 0.6) is 5.75 Å². The molecule has 0 saturated heterocycles. The summed E-state index contributed by atoms with van der Waals surface area (Å²) in [5, 5.41) is 10.9. The van der Waals surface area contributed by atoms with Gasteiger partial charge in [0.25, 0.3) is 0 Å². The molecule has 0 atom stereocenters. The van der Waals surface area contributed by atoms with E-state index in [0.29, 0.717) is 13.2 Å². The van der Waals surface area contributed by atoms with Crippen LogP contribution in [0, 0.1) is 0 Å². The molecule has 0 spiro atoms. The van der Waals surface area contributed by atoms with Crippen molar-refractivity contribution in [3.63, 3.8) is 0 Å². The monoisotopic (exact) mass is 336 g/mol. The number of ether oxygens (including phenoxy) is 2. The fourth-order valence-electron chi connectivity index (χ4n) is 3.07. The van der Waals surface area contributed by atoms with Gasteiger partial charge in [-0.05, 0) is 35.9 Å². The van der Waals surface area contributed by atoms with Gasteiger partial charge in [-0.3, -0.25) is 10.1 Å². The first-order valence-electron chi connectivity index (χ1n) is 8.34. The van der Waals surface area contributed by atoms with E-state index in [1.54, 1.807) is 19.5 Å². The van der Waals surface area contributed by atoms with Crippen molar-refractivity contribution in [1.29, 1.82) is 0 Å².